The smallest absolute Gasteiger partial charge is 0.229 e. The molecule has 4 aliphatic heterocycles. The number of ether oxygens (including phenoxy) is 2. The molecule has 0 amide bonds. The molecule has 0 radical (unpaired) electrons. The molecule has 0 spiro atoms. The molecule has 8 heteroatoms. The van der Waals surface area contributed by atoms with E-state index in [1.165, 1.54) is 66.9 Å². The molecule has 104 heavy (non-hydrogen) atoms. The molecule has 1 fully saturated rings. The van der Waals surface area contributed by atoms with Crippen LogP contribution in [0.1, 0.15) is 85.4 Å². The van der Waals surface area contributed by atoms with Crippen molar-refractivity contribution in [2.45, 2.75) is 115 Å². The molecule has 5 aliphatic rings. The Labute approximate surface area is 609 Å². The number of benzene rings is 13. The minimum atomic E-state index is -0.426. The molecule has 13 aromatic carbocycles. The first kappa shape index (κ1) is 62.6. The fraction of sp³-hybridized carbons (Fsp3) is 0.188. The normalized spacial score (nSPS) is 18.0. The minimum absolute atomic E-state index is 0.138. The van der Waals surface area contributed by atoms with E-state index in [4.69, 9.17) is 18.3 Å². The summed E-state index contributed by atoms with van der Waals surface area (Å²) in [6.45, 7) is 21.0. The lowest BCUT2D eigenvalue weighted by Crippen LogP contribution is -2.73. The average molecular weight is 1350 g/mol. The van der Waals surface area contributed by atoms with Crippen molar-refractivity contribution >= 4 is 108 Å². The number of hydrogen-bond donors (Lipinski definition) is 0. The van der Waals surface area contributed by atoms with Gasteiger partial charge in [-0.15, -0.1) is 0 Å². The van der Waals surface area contributed by atoms with Crippen LogP contribution in [0.2, 0.25) is 11.6 Å². The van der Waals surface area contributed by atoms with E-state index in [-0.39, 0.29) is 53.5 Å². The monoisotopic (exact) mass is 1350 g/mol. The van der Waals surface area contributed by atoms with Crippen molar-refractivity contribution in [3.8, 4) is 67.1 Å². The molecule has 0 N–H and O–H groups in total. The molecule has 1 aliphatic carbocycles. The maximum absolute atomic E-state index is 8.57. The highest BCUT2D eigenvalue weighted by atomic mass is 16.5. The predicted octanol–water partition coefficient (Wildman–Crippen LogP) is 22.6. The van der Waals surface area contributed by atoms with Gasteiger partial charge in [0.1, 0.15) is 39.9 Å². The van der Waals surface area contributed by atoms with Crippen LogP contribution >= 0.6 is 0 Å². The average Bonchev–Trinajstić information content (AvgIpc) is 0.771. The summed E-state index contributed by atoms with van der Waals surface area (Å²) in [5.41, 5.74) is 28.7. The van der Waals surface area contributed by atoms with Crippen LogP contribution < -0.4 is 41.1 Å². The van der Waals surface area contributed by atoms with E-state index in [1.807, 2.05) is 0 Å². The van der Waals surface area contributed by atoms with E-state index in [0.717, 1.165) is 111 Å². The Morgan fingerprint density at radius 3 is 1.23 bits per heavy atom. The highest BCUT2D eigenvalue weighted by molar-refractivity contribution is 6.92. The van der Waals surface area contributed by atoms with E-state index in [1.54, 1.807) is 0 Å². The second kappa shape index (κ2) is 23.1. The van der Waals surface area contributed by atoms with Gasteiger partial charge >= 0.3 is 0 Å². The third-order valence-corrected chi connectivity index (χ3v) is 23.7. The largest absolute Gasteiger partial charge is 0.491 e. The maximum atomic E-state index is 8.57. The SMILES string of the molecule is CC(C)(C)c1cc(-c2ccccc2)c(N2c3cc(-c4ccccc4)ccc3B3c4c2cc(C(C)(C)C)cc4N(c2c(-c4ccccc4)cc(C(C)(C)C)cc2-c2ccccc2)C2CC4Oc5c(ccc6oc7ccccc7c56)B5c6ccc7oc8ccccc8c7c6OC(C54)C32)c(-c2ccccc2)c1. The number of nitrogens with zero attached hydrogens (tertiary/aromatic N) is 2. The minimum Gasteiger partial charge on any atom is -0.491 e. The van der Waals surface area contributed by atoms with Crippen molar-refractivity contribution in [3.05, 3.63) is 296 Å². The summed E-state index contributed by atoms with van der Waals surface area (Å²) < 4.78 is 30.5. The Kier molecular flexibility index (Phi) is 13.9. The van der Waals surface area contributed by atoms with Crippen LogP contribution in [0.3, 0.4) is 0 Å². The molecular weight excluding hydrogens is 1270 g/mol. The van der Waals surface area contributed by atoms with Crippen molar-refractivity contribution < 1.29 is 18.3 Å². The van der Waals surface area contributed by atoms with Gasteiger partial charge in [-0.1, -0.05) is 275 Å². The van der Waals surface area contributed by atoms with E-state index < -0.39 is 6.10 Å². The zero-order valence-electron chi connectivity index (χ0n) is 60.3. The van der Waals surface area contributed by atoms with Crippen LogP contribution in [0, 0.1) is 0 Å². The highest BCUT2D eigenvalue weighted by Gasteiger charge is 2.65. The van der Waals surface area contributed by atoms with Gasteiger partial charge < -0.3 is 28.1 Å². The molecule has 1 saturated carbocycles. The van der Waals surface area contributed by atoms with Gasteiger partial charge in [0, 0.05) is 74.2 Å². The Morgan fingerprint density at radius 1 is 0.337 bits per heavy atom. The number of rotatable bonds is 7. The number of anilines is 5. The summed E-state index contributed by atoms with van der Waals surface area (Å²) in [7, 11) is 0. The third kappa shape index (κ3) is 9.62. The lowest BCUT2D eigenvalue weighted by atomic mass is 9.21. The molecule has 20 rings (SSSR count). The number of furan rings is 2. The summed E-state index contributed by atoms with van der Waals surface area (Å²) in [6, 6.07) is 105. The quantitative estimate of drug-likeness (QED) is 0.148. The van der Waals surface area contributed by atoms with Crippen LogP contribution in [0.5, 0.6) is 11.5 Å². The van der Waals surface area contributed by atoms with Gasteiger partial charge in [0.05, 0.1) is 28.3 Å². The summed E-state index contributed by atoms with van der Waals surface area (Å²) in [6.07, 6.45) is -0.0665. The summed E-state index contributed by atoms with van der Waals surface area (Å²) >= 11 is 0. The fourth-order valence-corrected chi connectivity index (χ4v) is 18.8. The van der Waals surface area contributed by atoms with E-state index in [9.17, 15) is 0 Å². The molecule has 2 aromatic heterocycles. The second-order valence-electron chi connectivity index (χ2n) is 32.9. The summed E-state index contributed by atoms with van der Waals surface area (Å²) in [5, 5.41) is 4.14. The van der Waals surface area contributed by atoms with Crippen LogP contribution in [0.25, 0.3) is 99.5 Å². The number of fused-ring (bicyclic) bond motifs is 17. The van der Waals surface area contributed by atoms with Gasteiger partial charge in [-0.3, -0.25) is 0 Å². The third-order valence-electron chi connectivity index (χ3n) is 23.7. The number of hydrogen-bond acceptors (Lipinski definition) is 6. The van der Waals surface area contributed by atoms with Gasteiger partial charge in [0.25, 0.3) is 0 Å². The first-order valence-electron chi connectivity index (χ1n) is 37.3. The highest BCUT2D eigenvalue weighted by Crippen LogP contribution is 2.62. The zero-order chi connectivity index (χ0) is 70.2. The Hall–Kier alpha value is -11.2. The van der Waals surface area contributed by atoms with Crippen molar-refractivity contribution in [2.75, 3.05) is 9.80 Å². The van der Waals surface area contributed by atoms with Gasteiger partial charge in [-0.05, 0) is 155 Å². The van der Waals surface area contributed by atoms with E-state index in [0.29, 0.717) is 6.42 Å². The molecule has 0 saturated heterocycles. The molecule has 6 nitrogen and oxygen atoms in total. The standard InChI is InChI=1S/C96H80B2N2O4/c1-94(2,3)63-50-68(58-31-17-11-18-32-58)89(69(51-63)59-33-19-12-20-34-59)99-75-49-62(57-29-15-10-16-30-57)43-44-72(75)98-86-76(99)54-65(96(7,8)9)55-77(86)100(90-70(60-35-21-13-22-36-60)52-64(95(4,5)6)53-71(90)61-37-23-14-24-38-61)78-56-83-88-93(87(78)98)104-92-74(46-48-82-85(92)67-40-26-28-42-80(67)102-82)97(88)73-45-47-81-84(91(73)103-83)66-39-25-27-41-79(66)101-81/h10-55,78,83,87-88,93H,56H2,1-9H3. The molecular formula is C96H80B2N2O4. The van der Waals surface area contributed by atoms with Crippen LogP contribution in [0.15, 0.2) is 288 Å². The van der Waals surface area contributed by atoms with Crippen LogP contribution in [0.4, 0.5) is 28.4 Å². The topological polar surface area (TPSA) is 51.2 Å². The molecule has 15 aromatic rings. The van der Waals surface area contributed by atoms with E-state index >= 15 is 0 Å². The zero-order valence-corrected chi connectivity index (χ0v) is 60.3. The van der Waals surface area contributed by atoms with Gasteiger partial charge in [0.15, 0.2) is 0 Å². The predicted molar refractivity (Wildman–Crippen MR) is 435 cm³/mol. The maximum Gasteiger partial charge on any atom is 0.229 e. The fourth-order valence-electron chi connectivity index (χ4n) is 18.8. The second-order valence-corrected chi connectivity index (χ2v) is 32.9. The number of para-hydroxylation sites is 2. The Bertz CT molecular complexity index is 5840. The van der Waals surface area contributed by atoms with Gasteiger partial charge in [0.2, 0.25) is 13.4 Å². The Balaban J connectivity index is 0.966. The lowest BCUT2D eigenvalue weighted by Gasteiger charge is -2.60. The lowest BCUT2D eigenvalue weighted by molar-refractivity contribution is 0.0530. The molecule has 6 heterocycles. The first-order valence-corrected chi connectivity index (χ1v) is 37.3. The summed E-state index contributed by atoms with van der Waals surface area (Å²) in [5.74, 6) is 1.44. The summed E-state index contributed by atoms with van der Waals surface area (Å²) in [4.78, 5) is 5.63. The van der Waals surface area contributed by atoms with Crippen LogP contribution in [-0.4, -0.2) is 31.7 Å². The van der Waals surface area contributed by atoms with Crippen molar-refractivity contribution in [2.24, 2.45) is 0 Å². The molecule has 504 valence electrons. The van der Waals surface area contributed by atoms with E-state index in [2.05, 4.69) is 351 Å². The molecule has 5 atom stereocenters. The Morgan fingerprint density at radius 2 is 0.750 bits per heavy atom. The van der Waals surface area contributed by atoms with Crippen molar-refractivity contribution in [1.29, 1.82) is 0 Å². The van der Waals surface area contributed by atoms with Crippen LogP contribution in [-0.2, 0) is 16.2 Å². The first-order chi connectivity index (χ1) is 50.5. The van der Waals surface area contributed by atoms with Crippen molar-refractivity contribution in [3.63, 3.8) is 0 Å². The van der Waals surface area contributed by atoms with Gasteiger partial charge in [-0.25, -0.2) is 0 Å². The molecule has 5 unspecified atom stereocenters. The van der Waals surface area contributed by atoms with Gasteiger partial charge in [-0.2, -0.15) is 0 Å². The van der Waals surface area contributed by atoms with Crippen molar-refractivity contribution in [1.82, 2.24) is 0 Å². The molecule has 0 bridgehead atoms.